The molecule has 23 heavy (non-hydrogen) atoms. The molecule has 0 radical (unpaired) electrons. The van der Waals surface area contributed by atoms with E-state index in [4.69, 9.17) is 9.47 Å². The number of para-hydroxylation sites is 2. The molecule has 1 unspecified atom stereocenters. The van der Waals surface area contributed by atoms with Crippen LogP contribution in [0.1, 0.15) is 37.3 Å². The van der Waals surface area contributed by atoms with Gasteiger partial charge in [0.2, 0.25) is 0 Å². The number of rotatable bonds is 3. The molecule has 2 nitrogen and oxygen atoms in total. The number of unbranched alkanes of at least 4 members (excludes halogenated alkanes) is 1. The van der Waals surface area contributed by atoms with E-state index in [0.717, 1.165) is 41.9 Å². The Balaban J connectivity index is 1.78. The summed E-state index contributed by atoms with van der Waals surface area (Å²) in [4.78, 5) is 0. The molecule has 2 aliphatic rings. The Morgan fingerprint density at radius 3 is 2.26 bits per heavy atom. The lowest BCUT2D eigenvalue weighted by atomic mass is 9.92. The molecule has 2 heterocycles. The molecule has 0 saturated carbocycles. The topological polar surface area (TPSA) is 18.5 Å². The molecule has 2 aliphatic heterocycles. The SMILES string of the molecule is CCCCC1=Cc2ccccc2OC12C=Cc1ccccc1O2. The average Bonchev–Trinajstić information content (AvgIpc) is 2.60. The van der Waals surface area contributed by atoms with E-state index in [0.29, 0.717) is 0 Å². The zero-order valence-electron chi connectivity index (χ0n) is 13.3. The first-order valence-electron chi connectivity index (χ1n) is 8.27. The van der Waals surface area contributed by atoms with Crippen LogP contribution in [-0.4, -0.2) is 5.79 Å². The minimum absolute atomic E-state index is 0.808. The molecular formula is C21H20O2. The lowest BCUT2D eigenvalue weighted by Gasteiger charge is -2.39. The summed E-state index contributed by atoms with van der Waals surface area (Å²) < 4.78 is 12.7. The molecule has 2 aromatic carbocycles. The third-order valence-corrected chi connectivity index (χ3v) is 4.42. The number of hydrogen-bond donors (Lipinski definition) is 0. The Labute approximate surface area is 137 Å². The fourth-order valence-electron chi connectivity index (χ4n) is 3.16. The summed E-state index contributed by atoms with van der Waals surface area (Å²) in [5.74, 6) is 0.936. The number of hydrogen-bond acceptors (Lipinski definition) is 2. The first kappa shape index (κ1) is 14.1. The number of benzene rings is 2. The zero-order chi connectivity index (χ0) is 15.7. The van der Waals surface area contributed by atoms with E-state index in [1.54, 1.807) is 0 Å². The Morgan fingerprint density at radius 1 is 0.870 bits per heavy atom. The summed E-state index contributed by atoms with van der Waals surface area (Å²) in [5.41, 5.74) is 3.40. The highest BCUT2D eigenvalue weighted by atomic mass is 16.7. The molecule has 1 spiro atoms. The van der Waals surface area contributed by atoms with Gasteiger partial charge in [-0.05, 0) is 37.1 Å². The van der Waals surface area contributed by atoms with E-state index in [2.05, 4.69) is 31.2 Å². The van der Waals surface area contributed by atoms with E-state index in [1.165, 1.54) is 5.57 Å². The summed E-state index contributed by atoms with van der Waals surface area (Å²) in [6, 6.07) is 16.2. The van der Waals surface area contributed by atoms with Crippen molar-refractivity contribution in [2.75, 3.05) is 0 Å². The average molecular weight is 304 g/mol. The summed E-state index contributed by atoms with van der Waals surface area (Å²) in [6.07, 6.45) is 9.62. The summed E-state index contributed by atoms with van der Waals surface area (Å²) in [7, 11) is 0. The van der Waals surface area contributed by atoms with Crippen molar-refractivity contribution in [1.82, 2.24) is 0 Å². The quantitative estimate of drug-likeness (QED) is 0.750. The monoisotopic (exact) mass is 304 g/mol. The van der Waals surface area contributed by atoms with Gasteiger partial charge in [-0.1, -0.05) is 49.7 Å². The highest BCUT2D eigenvalue weighted by Crippen LogP contribution is 2.43. The standard InChI is InChI=1S/C21H20O2/c1-2-3-10-18-15-17-9-5-7-12-20(17)23-21(18)14-13-16-8-4-6-11-19(16)22-21/h4-9,11-15H,2-3,10H2,1H3. The fraction of sp³-hybridized carbons (Fsp3) is 0.238. The van der Waals surface area contributed by atoms with Crippen LogP contribution < -0.4 is 9.47 Å². The Bertz CT molecular complexity index is 784. The van der Waals surface area contributed by atoms with Crippen molar-refractivity contribution in [2.24, 2.45) is 0 Å². The predicted molar refractivity (Wildman–Crippen MR) is 93.4 cm³/mol. The third-order valence-electron chi connectivity index (χ3n) is 4.42. The van der Waals surface area contributed by atoms with Crippen LogP contribution in [0.15, 0.2) is 60.2 Å². The smallest absolute Gasteiger partial charge is 0.294 e. The van der Waals surface area contributed by atoms with Gasteiger partial charge in [-0.15, -0.1) is 0 Å². The fourth-order valence-corrected chi connectivity index (χ4v) is 3.16. The molecule has 2 heteroatoms. The van der Waals surface area contributed by atoms with Crippen LogP contribution >= 0.6 is 0 Å². The van der Waals surface area contributed by atoms with Crippen LogP contribution in [0.5, 0.6) is 11.5 Å². The first-order chi connectivity index (χ1) is 11.3. The second kappa shape index (κ2) is 5.62. The molecule has 4 rings (SSSR count). The lowest BCUT2D eigenvalue weighted by Crippen LogP contribution is -2.45. The molecule has 0 aliphatic carbocycles. The normalized spacial score (nSPS) is 21.0. The molecular weight excluding hydrogens is 284 g/mol. The minimum atomic E-state index is -0.808. The van der Waals surface area contributed by atoms with Gasteiger partial charge in [0.1, 0.15) is 11.5 Å². The molecule has 0 saturated heterocycles. The maximum Gasteiger partial charge on any atom is 0.294 e. The van der Waals surface area contributed by atoms with Gasteiger partial charge < -0.3 is 9.47 Å². The van der Waals surface area contributed by atoms with Crippen LogP contribution in [0.2, 0.25) is 0 Å². The van der Waals surface area contributed by atoms with Crippen LogP contribution in [0.3, 0.4) is 0 Å². The van der Waals surface area contributed by atoms with Crippen LogP contribution in [0.4, 0.5) is 0 Å². The summed E-state index contributed by atoms with van der Waals surface area (Å²) in [5, 5.41) is 0. The Morgan fingerprint density at radius 2 is 1.52 bits per heavy atom. The molecule has 116 valence electrons. The van der Waals surface area contributed by atoms with Gasteiger partial charge in [-0.3, -0.25) is 0 Å². The zero-order valence-corrected chi connectivity index (χ0v) is 13.3. The van der Waals surface area contributed by atoms with Crippen molar-refractivity contribution < 1.29 is 9.47 Å². The van der Waals surface area contributed by atoms with Gasteiger partial charge in [-0.2, -0.15) is 0 Å². The van der Waals surface area contributed by atoms with Crippen LogP contribution in [0, 0.1) is 0 Å². The highest BCUT2D eigenvalue weighted by Gasteiger charge is 2.41. The second-order valence-corrected chi connectivity index (χ2v) is 6.05. The molecule has 2 aromatic rings. The van der Waals surface area contributed by atoms with Gasteiger partial charge in [-0.25, -0.2) is 0 Å². The summed E-state index contributed by atoms with van der Waals surface area (Å²) in [6.45, 7) is 2.21. The van der Waals surface area contributed by atoms with E-state index >= 15 is 0 Å². The Hall–Kier alpha value is -2.48. The predicted octanol–water partition coefficient (Wildman–Crippen LogP) is 5.45. The summed E-state index contributed by atoms with van der Waals surface area (Å²) >= 11 is 0. The second-order valence-electron chi connectivity index (χ2n) is 6.05. The van der Waals surface area contributed by atoms with Gasteiger partial charge in [0.25, 0.3) is 5.79 Å². The molecule has 0 N–H and O–H groups in total. The molecule has 0 bridgehead atoms. The minimum Gasteiger partial charge on any atom is -0.444 e. The van der Waals surface area contributed by atoms with E-state index < -0.39 is 5.79 Å². The largest absolute Gasteiger partial charge is 0.444 e. The molecule has 0 amide bonds. The molecule has 0 aromatic heterocycles. The van der Waals surface area contributed by atoms with Gasteiger partial charge >= 0.3 is 0 Å². The van der Waals surface area contributed by atoms with E-state index in [-0.39, 0.29) is 0 Å². The first-order valence-corrected chi connectivity index (χ1v) is 8.27. The van der Waals surface area contributed by atoms with Crippen molar-refractivity contribution in [1.29, 1.82) is 0 Å². The van der Waals surface area contributed by atoms with E-state index in [1.807, 2.05) is 42.5 Å². The van der Waals surface area contributed by atoms with Crippen LogP contribution in [-0.2, 0) is 0 Å². The van der Waals surface area contributed by atoms with E-state index in [9.17, 15) is 0 Å². The molecule has 1 atom stereocenters. The maximum atomic E-state index is 6.35. The van der Waals surface area contributed by atoms with Gasteiger partial charge in [0.15, 0.2) is 0 Å². The van der Waals surface area contributed by atoms with Crippen molar-refractivity contribution in [3.05, 3.63) is 71.3 Å². The van der Waals surface area contributed by atoms with Crippen molar-refractivity contribution in [3.8, 4) is 11.5 Å². The highest BCUT2D eigenvalue weighted by molar-refractivity contribution is 5.69. The Kier molecular flexibility index (Phi) is 3.45. The van der Waals surface area contributed by atoms with Gasteiger partial charge in [0, 0.05) is 22.8 Å². The van der Waals surface area contributed by atoms with Crippen LogP contribution in [0.25, 0.3) is 12.2 Å². The lowest BCUT2D eigenvalue weighted by molar-refractivity contribution is -0.0438. The van der Waals surface area contributed by atoms with Gasteiger partial charge in [0.05, 0.1) is 0 Å². The number of fused-ring (bicyclic) bond motifs is 2. The number of ether oxygens (including phenoxy) is 2. The molecule has 0 fully saturated rings. The van der Waals surface area contributed by atoms with Crippen molar-refractivity contribution in [2.45, 2.75) is 32.0 Å². The van der Waals surface area contributed by atoms with Crippen molar-refractivity contribution in [3.63, 3.8) is 0 Å². The van der Waals surface area contributed by atoms with Crippen molar-refractivity contribution >= 4 is 12.2 Å². The maximum absolute atomic E-state index is 6.35. The third kappa shape index (κ3) is 2.44.